The predicted molar refractivity (Wildman–Crippen MR) is 123 cm³/mol. The maximum atomic E-state index is 13.4. The number of rotatable bonds is 7. The number of likely N-dealkylation sites (tertiary alicyclic amines) is 2. The summed E-state index contributed by atoms with van der Waals surface area (Å²) in [6, 6.07) is 5.84. The van der Waals surface area contributed by atoms with Crippen LogP contribution in [0.2, 0.25) is 0 Å². The first-order chi connectivity index (χ1) is 15.6. The average Bonchev–Trinajstić information content (AvgIpc) is 3.16. The number of carbonyl (C=O) groups excluding carboxylic acids is 1. The van der Waals surface area contributed by atoms with Crippen LogP contribution < -0.4 is 9.47 Å². The van der Waals surface area contributed by atoms with E-state index in [1.165, 1.54) is 12.8 Å². The largest absolute Gasteiger partial charge is 0.493 e. The van der Waals surface area contributed by atoms with Crippen LogP contribution in [-0.4, -0.2) is 65.6 Å². The minimum Gasteiger partial charge on any atom is -0.493 e. The van der Waals surface area contributed by atoms with E-state index in [0.29, 0.717) is 29.0 Å². The van der Waals surface area contributed by atoms with Crippen LogP contribution in [-0.2, 0) is 13.0 Å². The third-order valence-electron chi connectivity index (χ3n) is 6.68. The number of ether oxygens (including phenoxy) is 2. The lowest BCUT2D eigenvalue weighted by molar-refractivity contribution is 0.0769. The second-order valence-electron chi connectivity index (χ2n) is 8.80. The summed E-state index contributed by atoms with van der Waals surface area (Å²) < 4.78 is 10.9. The fraction of sp³-hybridized carbons (Fsp3) is 0.560. The molecule has 32 heavy (non-hydrogen) atoms. The summed E-state index contributed by atoms with van der Waals surface area (Å²) in [6.45, 7) is 5.54. The van der Waals surface area contributed by atoms with Crippen LogP contribution >= 0.6 is 0 Å². The lowest BCUT2D eigenvalue weighted by Gasteiger charge is -2.30. The van der Waals surface area contributed by atoms with Crippen molar-refractivity contribution in [3.8, 4) is 11.5 Å². The van der Waals surface area contributed by atoms with E-state index in [2.05, 4.69) is 21.8 Å². The normalized spacial score (nSPS) is 21.2. The molecule has 1 aromatic heterocycles. The predicted octanol–water partition coefficient (Wildman–Crippen LogP) is 3.57. The molecule has 0 bridgehead atoms. The highest BCUT2D eigenvalue weighted by Crippen LogP contribution is 2.35. The van der Waals surface area contributed by atoms with Crippen molar-refractivity contribution in [3.63, 3.8) is 0 Å². The SMILES string of the molecule is CCCc1ncc(CN2CCCC[C@H]3CN(C(=O)c4cccc(OC)c4OC)C[C@H]32)cn1. The van der Waals surface area contributed by atoms with E-state index >= 15 is 0 Å². The first kappa shape index (κ1) is 22.5. The summed E-state index contributed by atoms with van der Waals surface area (Å²) in [5, 5.41) is 0. The van der Waals surface area contributed by atoms with Gasteiger partial charge in [-0.15, -0.1) is 0 Å². The van der Waals surface area contributed by atoms with Crippen LogP contribution in [0.5, 0.6) is 11.5 Å². The fourth-order valence-corrected chi connectivity index (χ4v) is 5.08. The third-order valence-corrected chi connectivity index (χ3v) is 6.68. The molecule has 0 aliphatic carbocycles. The molecule has 0 radical (unpaired) electrons. The van der Waals surface area contributed by atoms with Crippen molar-refractivity contribution in [2.45, 2.75) is 51.6 Å². The Morgan fingerprint density at radius 1 is 1.12 bits per heavy atom. The number of methoxy groups -OCH3 is 2. The standard InChI is InChI=1S/C25H34N4O3/c1-4-8-23-26-13-18(14-27-23)15-28-12-6-5-9-19-16-29(17-21(19)28)25(30)20-10-7-11-22(31-2)24(20)32-3/h7,10-11,13-14,19,21H,4-6,8-9,12,15-17H2,1-3H3/t19-,21+/m0/s1. The van der Waals surface area contributed by atoms with Gasteiger partial charge < -0.3 is 14.4 Å². The van der Waals surface area contributed by atoms with Crippen LogP contribution in [0.15, 0.2) is 30.6 Å². The van der Waals surface area contributed by atoms with E-state index in [-0.39, 0.29) is 5.91 Å². The Morgan fingerprint density at radius 2 is 1.94 bits per heavy atom. The highest BCUT2D eigenvalue weighted by molar-refractivity contribution is 5.98. The van der Waals surface area contributed by atoms with E-state index in [1.54, 1.807) is 14.2 Å². The number of fused-ring (bicyclic) bond motifs is 1. The Morgan fingerprint density at radius 3 is 2.66 bits per heavy atom. The molecule has 2 fully saturated rings. The minimum absolute atomic E-state index is 0.0148. The third kappa shape index (κ3) is 4.72. The highest BCUT2D eigenvalue weighted by atomic mass is 16.5. The fourth-order valence-electron chi connectivity index (χ4n) is 5.08. The molecule has 7 nitrogen and oxygen atoms in total. The molecule has 0 unspecified atom stereocenters. The van der Waals surface area contributed by atoms with Crippen LogP contribution in [0.1, 0.15) is 54.4 Å². The molecule has 3 heterocycles. The van der Waals surface area contributed by atoms with E-state index in [0.717, 1.165) is 56.8 Å². The number of amides is 1. The molecule has 172 valence electrons. The Balaban J connectivity index is 1.50. The molecule has 0 N–H and O–H groups in total. The van der Waals surface area contributed by atoms with Crippen LogP contribution in [0.4, 0.5) is 0 Å². The van der Waals surface area contributed by atoms with Gasteiger partial charge in [-0.05, 0) is 43.9 Å². The van der Waals surface area contributed by atoms with Gasteiger partial charge in [-0.1, -0.05) is 19.4 Å². The molecular weight excluding hydrogens is 404 g/mol. The van der Waals surface area contributed by atoms with E-state index in [4.69, 9.17) is 9.47 Å². The Kier molecular flexibility index (Phi) is 7.25. The number of hydrogen-bond acceptors (Lipinski definition) is 6. The number of aryl methyl sites for hydroxylation is 1. The summed E-state index contributed by atoms with van der Waals surface area (Å²) in [6.07, 6.45) is 9.46. The molecule has 2 atom stereocenters. The van der Waals surface area contributed by atoms with Gasteiger partial charge >= 0.3 is 0 Å². The smallest absolute Gasteiger partial charge is 0.257 e. The van der Waals surface area contributed by atoms with Crippen LogP contribution in [0, 0.1) is 5.92 Å². The Hall–Kier alpha value is -2.67. The molecule has 4 rings (SSSR count). The monoisotopic (exact) mass is 438 g/mol. The zero-order valence-electron chi connectivity index (χ0n) is 19.4. The van der Waals surface area contributed by atoms with Crippen molar-refractivity contribution in [1.82, 2.24) is 19.8 Å². The Labute approximate surface area is 190 Å². The molecule has 2 saturated heterocycles. The van der Waals surface area contributed by atoms with Crippen molar-refractivity contribution in [1.29, 1.82) is 0 Å². The number of para-hydroxylation sites is 1. The van der Waals surface area contributed by atoms with Crippen molar-refractivity contribution < 1.29 is 14.3 Å². The van der Waals surface area contributed by atoms with Crippen molar-refractivity contribution >= 4 is 5.91 Å². The molecule has 2 aliphatic heterocycles. The molecule has 1 amide bonds. The number of carbonyl (C=O) groups is 1. The van der Waals surface area contributed by atoms with Gasteiger partial charge in [0, 0.05) is 50.1 Å². The molecule has 0 saturated carbocycles. The lowest BCUT2D eigenvalue weighted by atomic mass is 9.98. The summed E-state index contributed by atoms with van der Waals surface area (Å²) in [4.78, 5) is 27.0. The number of benzene rings is 1. The van der Waals surface area contributed by atoms with E-state index in [1.807, 2.05) is 35.5 Å². The molecule has 7 heteroatoms. The quantitative estimate of drug-likeness (QED) is 0.658. The molecule has 0 spiro atoms. The number of aromatic nitrogens is 2. The number of hydrogen-bond donors (Lipinski definition) is 0. The molecule has 2 aliphatic rings. The summed E-state index contributed by atoms with van der Waals surface area (Å²) in [5.41, 5.74) is 1.71. The van der Waals surface area contributed by atoms with Crippen molar-refractivity contribution in [3.05, 3.63) is 47.5 Å². The van der Waals surface area contributed by atoms with Gasteiger partial charge in [0.2, 0.25) is 0 Å². The van der Waals surface area contributed by atoms with E-state index in [9.17, 15) is 4.79 Å². The van der Waals surface area contributed by atoms with Gasteiger partial charge in [0.05, 0.1) is 19.8 Å². The van der Waals surface area contributed by atoms with Crippen molar-refractivity contribution in [2.75, 3.05) is 33.9 Å². The van der Waals surface area contributed by atoms with Crippen LogP contribution in [0.25, 0.3) is 0 Å². The zero-order valence-corrected chi connectivity index (χ0v) is 19.4. The highest BCUT2D eigenvalue weighted by Gasteiger charge is 2.40. The zero-order chi connectivity index (χ0) is 22.5. The van der Waals surface area contributed by atoms with Gasteiger partial charge in [-0.2, -0.15) is 0 Å². The van der Waals surface area contributed by atoms with Gasteiger partial charge in [-0.25, -0.2) is 9.97 Å². The first-order valence-electron chi connectivity index (χ1n) is 11.7. The minimum atomic E-state index is 0.0148. The maximum absolute atomic E-state index is 13.4. The Bertz CT molecular complexity index is 918. The average molecular weight is 439 g/mol. The summed E-state index contributed by atoms with van der Waals surface area (Å²) >= 11 is 0. The second-order valence-corrected chi connectivity index (χ2v) is 8.80. The maximum Gasteiger partial charge on any atom is 0.257 e. The lowest BCUT2D eigenvalue weighted by Crippen LogP contribution is -2.40. The second kappa shape index (κ2) is 10.3. The summed E-state index contributed by atoms with van der Waals surface area (Å²) in [5.74, 6) is 2.50. The molecule has 2 aromatic rings. The van der Waals surface area contributed by atoms with Gasteiger partial charge in [0.25, 0.3) is 5.91 Å². The molecular formula is C25H34N4O3. The van der Waals surface area contributed by atoms with Gasteiger partial charge in [-0.3, -0.25) is 9.69 Å². The first-order valence-corrected chi connectivity index (χ1v) is 11.7. The number of nitrogens with zero attached hydrogens (tertiary/aromatic N) is 4. The van der Waals surface area contributed by atoms with E-state index < -0.39 is 0 Å². The van der Waals surface area contributed by atoms with Crippen LogP contribution in [0.3, 0.4) is 0 Å². The topological polar surface area (TPSA) is 67.8 Å². The summed E-state index contributed by atoms with van der Waals surface area (Å²) in [7, 11) is 3.18. The molecule has 1 aromatic carbocycles. The van der Waals surface area contributed by atoms with Gasteiger partial charge in [0.15, 0.2) is 11.5 Å². The van der Waals surface area contributed by atoms with Crippen molar-refractivity contribution in [2.24, 2.45) is 5.92 Å². The van der Waals surface area contributed by atoms with Gasteiger partial charge in [0.1, 0.15) is 5.82 Å².